The Morgan fingerprint density at radius 2 is 1.91 bits per heavy atom. The van der Waals surface area contributed by atoms with Crippen LogP contribution < -0.4 is 21.1 Å². The fourth-order valence-electron chi connectivity index (χ4n) is 4.11. The van der Waals surface area contributed by atoms with Crippen molar-refractivity contribution in [3.05, 3.63) is 75.7 Å². The van der Waals surface area contributed by atoms with Gasteiger partial charge in [-0.05, 0) is 74.7 Å². The maximum atomic E-state index is 13.9. The standard InChI is InChI=1S/C26H27Cl2FN4O2/c1-15(23-20(27)6-7-21(29)24(23)28)35-22-12-19(14-32-25(22)30)17-2-4-18(5-3-17)26(34)33-13-16-8-10-31-11-9-16/h2-7,12,14-16,31H,8-11,13H2,1H3,(H2,30,32)(H,33,34). The first-order chi connectivity index (χ1) is 16.8. The highest BCUT2D eigenvalue weighted by Crippen LogP contribution is 2.37. The summed E-state index contributed by atoms with van der Waals surface area (Å²) in [6.45, 7) is 4.38. The molecule has 35 heavy (non-hydrogen) atoms. The van der Waals surface area contributed by atoms with Crippen LogP contribution >= 0.6 is 23.2 Å². The Hall–Kier alpha value is -2.87. The molecular formula is C26H27Cl2FN4O2. The summed E-state index contributed by atoms with van der Waals surface area (Å²) in [5.41, 5.74) is 8.54. The lowest BCUT2D eigenvalue weighted by molar-refractivity contribution is 0.0944. The molecule has 1 amide bonds. The molecule has 0 radical (unpaired) electrons. The molecule has 9 heteroatoms. The van der Waals surface area contributed by atoms with E-state index >= 15 is 0 Å². The highest BCUT2D eigenvalue weighted by Gasteiger charge is 2.20. The van der Waals surface area contributed by atoms with Crippen LogP contribution in [0.15, 0.2) is 48.7 Å². The van der Waals surface area contributed by atoms with Crippen LogP contribution in [-0.2, 0) is 0 Å². The van der Waals surface area contributed by atoms with E-state index in [4.69, 9.17) is 33.7 Å². The van der Waals surface area contributed by atoms with E-state index in [9.17, 15) is 9.18 Å². The van der Waals surface area contributed by atoms with Crippen molar-refractivity contribution in [2.75, 3.05) is 25.4 Å². The van der Waals surface area contributed by atoms with E-state index in [1.165, 1.54) is 12.1 Å². The maximum absolute atomic E-state index is 13.9. The van der Waals surface area contributed by atoms with Crippen molar-refractivity contribution in [1.29, 1.82) is 0 Å². The van der Waals surface area contributed by atoms with Crippen molar-refractivity contribution in [2.45, 2.75) is 25.9 Å². The Bertz CT molecular complexity index is 1200. The number of nitrogens with one attached hydrogen (secondary N) is 2. The summed E-state index contributed by atoms with van der Waals surface area (Å²) in [5.74, 6) is 0.333. The molecule has 1 unspecified atom stereocenters. The summed E-state index contributed by atoms with van der Waals surface area (Å²) < 4.78 is 19.9. The molecule has 1 fully saturated rings. The Morgan fingerprint density at radius 1 is 1.20 bits per heavy atom. The molecule has 1 aromatic heterocycles. The van der Waals surface area contributed by atoms with Crippen LogP contribution in [0.5, 0.6) is 5.75 Å². The van der Waals surface area contributed by atoms with Crippen molar-refractivity contribution in [3.63, 3.8) is 0 Å². The second-order valence-corrected chi connectivity index (χ2v) is 9.39. The van der Waals surface area contributed by atoms with Crippen LogP contribution in [0.3, 0.4) is 0 Å². The average Bonchev–Trinajstić information content (AvgIpc) is 2.87. The number of halogens is 3. The molecule has 0 aliphatic carbocycles. The predicted molar refractivity (Wildman–Crippen MR) is 137 cm³/mol. The lowest BCUT2D eigenvalue weighted by Crippen LogP contribution is -2.35. The second-order valence-electron chi connectivity index (χ2n) is 8.61. The van der Waals surface area contributed by atoms with Crippen molar-refractivity contribution < 1.29 is 13.9 Å². The van der Waals surface area contributed by atoms with Gasteiger partial charge in [-0.3, -0.25) is 4.79 Å². The third-order valence-corrected chi connectivity index (χ3v) is 6.88. The molecule has 3 aromatic rings. The number of carbonyl (C=O) groups is 1. The average molecular weight is 517 g/mol. The Morgan fingerprint density at radius 3 is 2.63 bits per heavy atom. The van der Waals surface area contributed by atoms with Crippen LogP contribution in [-0.4, -0.2) is 30.5 Å². The molecule has 1 atom stereocenters. The van der Waals surface area contributed by atoms with Gasteiger partial charge in [0.1, 0.15) is 11.9 Å². The van der Waals surface area contributed by atoms with Crippen molar-refractivity contribution in [2.24, 2.45) is 5.92 Å². The number of anilines is 1. The zero-order valence-electron chi connectivity index (χ0n) is 19.3. The Labute approximate surface area is 214 Å². The Kier molecular flexibility index (Phi) is 8.11. The first-order valence-corrected chi connectivity index (χ1v) is 12.2. The topological polar surface area (TPSA) is 89.3 Å². The number of nitrogens with zero attached hydrogens (tertiary/aromatic N) is 1. The quantitative estimate of drug-likeness (QED) is 0.353. The fraction of sp³-hybridized carbons (Fsp3) is 0.308. The van der Waals surface area contributed by atoms with Gasteiger partial charge in [-0.1, -0.05) is 35.3 Å². The van der Waals surface area contributed by atoms with Crippen LogP contribution in [0, 0.1) is 11.7 Å². The third-order valence-electron chi connectivity index (χ3n) is 6.16. The number of carbonyl (C=O) groups excluding carboxylic acids is 1. The van der Waals surface area contributed by atoms with Gasteiger partial charge in [0.25, 0.3) is 5.91 Å². The van der Waals surface area contributed by atoms with E-state index < -0.39 is 11.9 Å². The van der Waals surface area contributed by atoms with Crippen LogP contribution in [0.1, 0.15) is 41.8 Å². The number of nitrogen functional groups attached to an aromatic ring is 1. The number of benzene rings is 2. The van der Waals surface area contributed by atoms with Gasteiger partial charge in [0.15, 0.2) is 11.6 Å². The molecule has 1 saturated heterocycles. The molecule has 0 spiro atoms. The summed E-state index contributed by atoms with van der Waals surface area (Å²) in [7, 11) is 0. The number of amides is 1. The number of rotatable bonds is 7. The summed E-state index contributed by atoms with van der Waals surface area (Å²) in [6, 6.07) is 11.6. The summed E-state index contributed by atoms with van der Waals surface area (Å²) in [4.78, 5) is 16.8. The van der Waals surface area contributed by atoms with Gasteiger partial charge >= 0.3 is 0 Å². The largest absolute Gasteiger partial charge is 0.482 e. The zero-order valence-corrected chi connectivity index (χ0v) is 20.8. The molecule has 1 aliphatic rings. The number of ether oxygens (including phenoxy) is 1. The number of aromatic nitrogens is 1. The normalized spacial score (nSPS) is 15.0. The van der Waals surface area contributed by atoms with E-state index in [1.54, 1.807) is 31.3 Å². The summed E-state index contributed by atoms with van der Waals surface area (Å²) in [5, 5.41) is 6.55. The predicted octanol–water partition coefficient (Wildman–Crippen LogP) is 5.65. The summed E-state index contributed by atoms with van der Waals surface area (Å²) in [6.07, 6.45) is 3.10. The van der Waals surface area contributed by atoms with Gasteiger partial charge in [0, 0.05) is 34.5 Å². The van der Waals surface area contributed by atoms with Crippen molar-refractivity contribution in [1.82, 2.24) is 15.6 Å². The molecule has 2 heterocycles. The van der Waals surface area contributed by atoms with E-state index in [-0.39, 0.29) is 16.7 Å². The van der Waals surface area contributed by atoms with Gasteiger partial charge < -0.3 is 21.1 Å². The van der Waals surface area contributed by atoms with E-state index in [0.717, 1.165) is 37.1 Å². The monoisotopic (exact) mass is 516 g/mol. The van der Waals surface area contributed by atoms with Gasteiger partial charge in [0.05, 0.1) is 5.02 Å². The van der Waals surface area contributed by atoms with Crippen LogP contribution in [0.2, 0.25) is 10.0 Å². The molecule has 2 aromatic carbocycles. The molecule has 184 valence electrons. The van der Waals surface area contributed by atoms with Gasteiger partial charge in [-0.2, -0.15) is 0 Å². The first kappa shape index (κ1) is 25.2. The third kappa shape index (κ3) is 6.04. The number of piperidine rings is 1. The molecule has 4 rings (SSSR count). The molecular weight excluding hydrogens is 490 g/mol. The molecule has 0 saturated carbocycles. The van der Waals surface area contributed by atoms with Crippen LogP contribution in [0.4, 0.5) is 10.2 Å². The first-order valence-electron chi connectivity index (χ1n) is 11.5. The number of pyridine rings is 1. The van der Waals surface area contributed by atoms with Gasteiger partial charge in [-0.25, -0.2) is 9.37 Å². The highest BCUT2D eigenvalue weighted by molar-refractivity contribution is 6.36. The summed E-state index contributed by atoms with van der Waals surface area (Å²) >= 11 is 12.3. The zero-order chi connectivity index (χ0) is 24.9. The fourth-order valence-corrected chi connectivity index (χ4v) is 4.79. The minimum atomic E-state index is -0.670. The molecule has 4 N–H and O–H groups in total. The van der Waals surface area contributed by atoms with Gasteiger partial charge in [-0.15, -0.1) is 0 Å². The highest BCUT2D eigenvalue weighted by atomic mass is 35.5. The smallest absolute Gasteiger partial charge is 0.251 e. The Balaban J connectivity index is 1.46. The SMILES string of the molecule is CC(Oc1cc(-c2ccc(C(=O)NCC3CCNCC3)cc2)cnc1N)c1c(Cl)ccc(F)c1Cl. The molecule has 6 nitrogen and oxygen atoms in total. The number of nitrogens with two attached hydrogens (primary N) is 1. The van der Waals surface area contributed by atoms with E-state index in [1.807, 2.05) is 12.1 Å². The molecule has 1 aliphatic heterocycles. The lowest BCUT2D eigenvalue weighted by atomic mass is 9.98. The van der Waals surface area contributed by atoms with Crippen molar-refractivity contribution in [3.8, 4) is 16.9 Å². The maximum Gasteiger partial charge on any atom is 0.251 e. The van der Waals surface area contributed by atoms with Crippen LogP contribution in [0.25, 0.3) is 11.1 Å². The van der Waals surface area contributed by atoms with E-state index in [0.29, 0.717) is 34.4 Å². The van der Waals surface area contributed by atoms with Crippen molar-refractivity contribution >= 4 is 34.9 Å². The van der Waals surface area contributed by atoms with E-state index in [2.05, 4.69) is 15.6 Å². The minimum Gasteiger partial charge on any atom is -0.482 e. The number of hydrogen-bond donors (Lipinski definition) is 3. The number of hydrogen-bond acceptors (Lipinski definition) is 5. The minimum absolute atomic E-state index is 0.0905. The molecule has 0 bridgehead atoms. The lowest BCUT2D eigenvalue weighted by Gasteiger charge is -2.22. The van der Waals surface area contributed by atoms with Gasteiger partial charge in [0.2, 0.25) is 0 Å². The second kappa shape index (κ2) is 11.2.